The maximum atomic E-state index is 6.22. The van der Waals surface area contributed by atoms with Crippen molar-refractivity contribution in [3.8, 4) is 11.4 Å². The first kappa shape index (κ1) is 21.0. The molecule has 0 saturated heterocycles. The van der Waals surface area contributed by atoms with Crippen molar-refractivity contribution in [3.05, 3.63) is 127 Å². The number of hydrogen-bond donors (Lipinski definition) is 0. The van der Waals surface area contributed by atoms with Crippen molar-refractivity contribution in [2.45, 2.75) is 12.8 Å². The number of furan rings is 1. The molecule has 0 saturated carbocycles. The van der Waals surface area contributed by atoms with Crippen LogP contribution in [0.1, 0.15) is 17.7 Å². The Morgan fingerprint density at radius 1 is 0.538 bits per heavy atom. The molecular formula is C36H24N2O. The van der Waals surface area contributed by atoms with Gasteiger partial charge in [-0.1, -0.05) is 72.8 Å². The molecule has 0 spiro atoms. The van der Waals surface area contributed by atoms with Gasteiger partial charge in [0.15, 0.2) is 0 Å². The maximum absolute atomic E-state index is 6.22. The van der Waals surface area contributed by atoms with Gasteiger partial charge in [0.25, 0.3) is 0 Å². The molecule has 5 aromatic carbocycles. The van der Waals surface area contributed by atoms with Crippen LogP contribution < -0.4 is 0 Å². The van der Waals surface area contributed by atoms with E-state index in [1.54, 1.807) is 0 Å². The Kier molecular flexibility index (Phi) is 4.17. The van der Waals surface area contributed by atoms with Crippen molar-refractivity contribution >= 4 is 60.7 Å². The molecule has 9 rings (SSSR count). The summed E-state index contributed by atoms with van der Waals surface area (Å²) in [4.78, 5) is 0. The molecule has 0 aliphatic heterocycles. The maximum Gasteiger partial charge on any atom is 0.135 e. The first-order valence-electron chi connectivity index (χ1n) is 13.6. The summed E-state index contributed by atoms with van der Waals surface area (Å²) in [6, 6.07) is 39.6. The van der Waals surface area contributed by atoms with E-state index in [1.165, 1.54) is 60.2 Å². The number of hydrogen-bond acceptors (Lipinski definition) is 1. The second-order valence-electron chi connectivity index (χ2n) is 10.5. The molecule has 0 bridgehead atoms. The van der Waals surface area contributed by atoms with Gasteiger partial charge in [-0.05, 0) is 61.4 Å². The highest BCUT2D eigenvalue weighted by molar-refractivity contribution is 6.23. The molecule has 0 amide bonds. The van der Waals surface area contributed by atoms with Crippen LogP contribution in [0, 0.1) is 0 Å². The summed E-state index contributed by atoms with van der Waals surface area (Å²) in [7, 11) is 0. The third-order valence-electron chi connectivity index (χ3n) is 8.38. The Morgan fingerprint density at radius 2 is 1.18 bits per heavy atom. The number of allylic oxidation sites excluding steroid dienone is 1. The SMILES string of the molecule is C1=Cc2oc3ccc(-n4c5ccccc5c5ccc6c7ccccc7n(-c7ccccc7)c6c54)cc3c2CC1. The fourth-order valence-corrected chi connectivity index (χ4v) is 6.72. The molecule has 8 aromatic rings. The van der Waals surface area contributed by atoms with E-state index < -0.39 is 0 Å². The summed E-state index contributed by atoms with van der Waals surface area (Å²) >= 11 is 0. The van der Waals surface area contributed by atoms with Crippen molar-refractivity contribution in [1.82, 2.24) is 9.13 Å². The van der Waals surface area contributed by atoms with Crippen LogP contribution in [-0.2, 0) is 6.42 Å². The molecule has 3 heterocycles. The fraction of sp³-hybridized carbons (Fsp3) is 0.0556. The second-order valence-corrected chi connectivity index (χ2v) is 10.5. The Labute approximate surface area is 224 Å². The number of nitrogens with zero attached hydrogens (tertiary/aromatic N) is 2. The van der Waals surface area contributed by atoms with Gasteiger partial charge in [-0.25, -0.2) is 0 Å². The average molecular weight is 501 g/mol. The van der Waals surface area contributed by atoms with E-state index in [0.717, 1.165) is 29.9 Å². The molecule has 0 fully saturated rings. The number of rotatable bonds is 2. The van der Waals surface area contributed by atoms with Crippen LogP contribution >= 0.6 is 0 Å². The molecule has 3 aromatic heterocycles. The van der Waals surface area contributed by atoms with Crippen molar-refractivity contribution in [3.63, 3.8) is 0 Å². The molecule has 184 valence electrons. The lowest BCUT2D eigenvalue weighted by molar-refractivity contribution is 0.595. The van der Waals surface area contributed by atoms with Crippen LogP contribution in [0.4, 0.5) is 0 Å². The van der Waals surface area contributed by atoms with E-state index in [4.69, 9.17) is 4.42 Å². The summed E-state index contributed by atoms with van der Waals surface area (Å²) in [6.07, 6.45) is 6.40. The van der Waals surface area contributed by atoms with Gasteiger partial charge in [0.05, 0.1) is 22.1 Å². The van der Waals surface area contributed by atoms with Gasteiger partial charge in [-0.15, -0.1) is 0 Å². The Hall–Kier alpha value is -5.02. The van der Waals surface area contributed by atoms with Crippen LogP contribution in [0.25, 0.3) is 72.0 Å². The minimum absolute atomic E-state index is 0.958. The first-order valence-corrected chi connectivity index (χ1v) is 13.6. The highest BCUT2D eigenvalue weighted by Crippen LogP contribution is 2.42. The van der Waals surface area contributed by atoms with E-state index in [0.29, 0.717) is 0 Å². The lowest BCUT2D eigenvalue weighted by atomic mass is 10.0. The summed E-state index contributed by atoms with van der Waals surface area (Å²) in [5.74, 6) is 1.00. The van der Waals surface area contributed by atoms with Crippen LogP contribution in [0.15, 0.2) is 120 Å². The second kappa shape index (κ2) is 7.75. The van der Waals surface area contributed by atoms with E-state index in [-0.39, 0.29) is 0 Å². The largest absolute Gasteiger partial charge is 0.456 e. The molecule has 39 heavy (non-hydrogen) atoms. The van der Waals surface area contributed by atoms with Crippen molar-refractivity contribution in [2.75, 3.05) is 0 Å². The number of aromatic nitrogens is 2. The van der Waals surface area contributed by atoms with Gasteiger partial charge in [0, 0.05) is 43.9 Å². The molecule has 1 aliphatic carbocycles. The minimum atomic E-state index is 0.958. The fourth-order valence-electron chi connectivity index (χ4n) is 6.72. The number of para-hydroxylation sites is 3. The molecule has 1 aliphatic rings. The Bertz CT molecular complexity index is 2270. The predicted octanol–water partition coefficient (Wildman–Crippen LogP) is 9.59. The zero-order chi connectivity index (χ0) is 25.5. The lowest BCUT2D eigenvalue weighted by Gasteiger charge is -2.13. The van der Waals surface area contributed by atoms with Gasteiger partial charge >= 0.3 is 0 Å². The van der Waals surface area contributed by atoms with Gasteiger partial charge in [-0.2, -0.15) is 0 Å². The first-order chi connectivity index (χ1) is 19.4. The zero-order valence-electron chi connectivity index (χ0n) is 21.3. The van der Waals surface area contributed by atoms with Crippen molar-refractivity contribution in [1.29, 1.82) is 0 Å². The van der Waals surface area contributed by atoms with Crippen molar-refractivity contribution in [2.24, 2.45) is 0 Å². The standard InChI is InChI=1S/C36H24N2O/c1-2-10-23(11-3-1)37-31-15-7-4-12-25(31)28-19-20-29-26-13-5-8-16-32(26)38(36(29)35(28)37)24-18-21-34-30(22-24)27-14-6-9-17-33(27)39-34/h1-5,7-13,15-22H,6,14H2. The van der Waals surface area contributed by atoms with Gasteiger partial charge in [0.2, 0.25) is 0 Å². The smallest absolute Gasteiger partial charge is 0.135 e. The number of aryl methyl sites for hydroxylation is 1. The highest BCUT2D eigenvalue weighted by Gasteiger charge is 2.22. The average Bonchev–Trinajstić information content (AvgIpc) is 3.65. The van der Waals surface area contributed by atoms with Crippen LogP contribution in [0.5, 0.6) is 0 Å². The molecule has 3 nitrogen and oxygen atoms in total. The van der Waals surface area contributed by atoms with Gasteiger partial charge < -0.3 is 13.6 Å². The molecule has 3 heteroatoms. The summed E-state index contributed by atoms with van der Waals surface area (Å²) in [5.41, 5.74) is 9.48. The third-order valence-corrected chi connectivity index (χ3v) is 8.38. The van der Waals surface area contributed by atoms with Crippen molar-refractivity contribution < 1.29 is 4.42 Å². The Balaban J connectivity index is 1.49. The van der Waals surface area contributed by atoms with Crippen LogP contribution in [-0.4, -0.2) is 9.13 Å². The summed E-state index contributed by atoms with van der Waals surface area (Å²) in [6.45, 7) is 0. The molecule has 0 unspecified atom stereocenters. The van der Waals surface area contributed by atoms with Gasteiger partial charge in [-0.3, -0.25) is 0 Å². The molecule has 0 N–H and O–H groups in total. The molecule has 0 radical (unpaired) electrons. The predicted molar refractivity (Wildman–Crippen MR) is 162 cm³/mol. The third kappa shape index (κ3) is 2.82. The summed E-state index contributed by atoms with van der Waals surface area (Å²) in [5, 5.41) is 6.26. The molecular weight excluding hydrogens is 476 g/mol. The monoisotopic (exact) mass is 500 g/mol. The zero-order valence-corrected chi connectivity index (χ0v) is 21.3. The van der Waals surface area contributed by atoms with Crippen LogP contribution in [0.2, 0.25) is 0 Å². The van der Waals surface area contributed by atoms with Gasteiger partial charge in [0.1, 0.15) is 11.3 Å². The van der Waals surface area contributed by atoms with Crippen LogP contribution in [0.3, 0.4) is 0 Å². The van der Waals surface area contributed by atoms with E-state index >= 15 is 0 Å². The normalized spacial score (nSPS) is 13.3. The Morgan fingerprint density at radius 3 is 1.90 bits per heavy atom. The number of fused-ring (bicyclic) bond motifs is 10. The topological polar surface area (TPSA) is 23.0 Å². The lowest BCUT2D eigenvalue weighted by Crippen LogP contribution is -1.98. The molecule has 0 atom stereocenters. The van der Waals surface area contributed by atoms with E-state index in [2.05, 4.69) is 130 Å². The van der Waals surface area contributed by atoms with E-state index in [9.17, 15) is 0 Å². The number of benzene rings is 5. The highest BCUT2D eigenvalue weighted by atomic mass is 16.3. The van der Waals surface area contributed by atoms with E-state index in [1.807, 2.05) is 0 Å². The minimum Gasteiger partial charge on any atom is -0.456 e. The summed E-state index contributed by atoms with van der Waals surface area (Å²) < 4.78 is 11.1. The quantitative estimate of drug-likeness (QED) is 0.232.